The van der Waals surface area contributed by atoms with Gasteiger partial charge in [0.05, 0.1) is 12.5 Å². The monoisotopic (exact) mass is 188 g/mol. The summed E-state index contributed by atoms with van der Waals surface area (Å²) in [6.07, 6.45) is -0.434. The van der Waals surface area contributed by atoms with Gasteiger partial charge in [0.1, 0.15) is 6.10 Å². The largest absolute Gasteiger partial charge is 0.466 e. The van der Waals surface area contributed by atoms with Gasteiger partial charge in [-0.1, -0.05) is 0 Å². The van der Waals surface area contributed by atoms with Crippen molar-refractivity contribution >= 4 is 11.9 Å². The molecular formula is C9H16O4. The van der Waals surface area contributed by atoms with Crippen molar-refractivity contribution in [2.24, 2.45) is 5.92 Å². The molecular weight excluding hydrogens is 172 g/mol. The summed E-state index contributed by atoms with van der Waals surface area (Å²) in [5, 5.41) is 0. The van der Waals surface area contributed by atoms with Gasteiger partial charge in [-0.3, -0.25) is 9.59 Å². The Morgan fingerprint density at radius 3 is 2.23 bits per heavy atom. The Labute approximate surface area is 78.2 Å². The fourth-order valence-electron chi connectivity index (χ4n) is 0.829. The Hall–Kier alpha value is -1.06. The molecule has 0 fully saturated rings. The molecule has 2 atom stereocenters. The first-order valence-corrected chi connectivity index (χ1v) is 4.32. The smallest absolute Gasteiger partial charge is 0.312 e. The lowest BCUT2D eigenvalue weighted by Crippen LogP contribution is -2.28. The van der Waals surface area contributed by atoms with Crippen molar-refractivity contribution in [3.8, 4) is 0 Å². The van der Waals surface area contributed by atoms with Gasteiger partial charge in [0.2, 0.25) is 0 Å². The molecule has 0 aromatic heterocycles. The second-order valence-electron chi connectivity index (χ2n) is 2.86. The van der Waals surface area contributed by atoms with E-state index in [0.29, 0.717) is 6.61 Å². The van der Waals surface area contributed by atoms with Gasteiger partial charge in [0.25, 0.3) is 0 Å². The Morgan fingerprint density at radius 2 is 1.85 bits per heavy atom. The van der Waals surface area contributed by atoms with Crippen LogP contribution in [-0.4, -0.2) is 24.6 Å². The molecule has 0 saturated carbocycles. The van der Waals surface area contributed by atoms with E-state index in [0.717, 1.165) is 0 Å². The summed E-state index contributed by atoms with van der Waals surface area (Å²) in [6.45, 7) is 6.74. The fourth-order valence-corrected chi connectivity index (χ4v) is 0.829. The first kappa shape index (κ1) is 11.9. The normalized spacial score (nSPS) is 14.5. The van der Waals surface area contributed by atoms with Crippen LogP contribution >= 0.6 is 0 Å². The van der Waals surface area contributed by atoms with E-state index in [1.54, 1.807) is 20.8 Å². The highest BCUT2D eigenvalue weighted by atomic mass is 16.6. The molecule has 0 amide bonds. The van der Waals surface area contributed by atoms with Crippen molar-refractivity contribution in [3.05, 3.63) is 0 Å². The van der Waals surface area contributed by atoms with Gasteiger partial charge in [0, 0.05) is 6.92 Å². The molecule has 4 nitrogen and oxygen atoms in total. The molecule has 0 radical (unpaired) electrons. The number of carbonyl (C=O) groups is 2. The van der Waals surface area contributed by atoms with E-state index in [1.807, 2.05) is 0 Å². The number of hydrogen-bond donors (Lipinski definition) is 0. The van der Waals surface area contributed by atoms with Crippen LogP contribution < -0.4 is 0 Å². The first-order valence-electron chi connectivity index (χ1n) is 4.32. The van der Waals surface area contributed by atoms with Crippen LogP contribution in [0.2, 0.25) is 0 Å². The van der Waals surface area contributed by atoms with E-state index in [-0.39, 0.29) is 11.9 Å². The molecule has 0 bridgehead atoms. The standard InChI is InChI=1S/C9H16O4/c1-5-12-9(11)6(2)7(3)13-8(4)10/h6-7H,5H2,1-4H3/t6-,7+/m0/s1. The number of rotatable bonds is 4. The second-order valence-corrected chi connectivity index (χ2v) is 2.86. The summed E-state index contributed by atoms with van der Waals surface area (Å²) < 4.78 is 9.62. The zero-order valence-corrected chi connectivity index (χ0v) is 8.49. The molecule has 76 valence electrons. The van der Waals surface area contributed by atoms with Crippen molar-refractivity contribution in [2.45, 2.75) is 33.8 Å². The molecule has 0 unspecified atom stereocenters. The first-order chi connectivity index (χ1) is 5.99. The van der Waals surface area contributed by atoms with Gasteiger partial charge in [-0.25, -0.2) is 0 Å². The quantitative estimate of drug-likeness (QED) is 0.621. The Bertz CT molecular complexity index is 188. The van der Waals surface area contributed by atoms with Crippen LogP contribution in [0.4, 0.5) is 0 Å². The Kier molecular flexibility index (Phi) is 5.11. The minimum atomic E-state index is -0.434. The van der Waals surface area contributed by atoms with Gasteiger partial charge >= 0.3 is 11.9 Å². The van der Waals surface area contributed by atoms with Crippen LogP contribution in [0.3, 0.4) is 0 Å². The van der Waals surface area contributed by atoms with E-state index in [1.165, 1.54) is 6.92 Å². The highest BCUT2D eigenvalue weighted by Crippen LogP contribution is 2.09. The predicted molar refractivity (Wildman–Crippen MR) is 47.0 cm³/mol. The van der Waals surface area contributed by atoms with Crippen molar-refractivity contribution in [1.29, 1.82) is 0 Å². The van der Waals surface area contributed by atoms with E-state index in [9.17, 15) is 9.59 Å². The zero-order valence-electron chi connectivity index (χ0n) is 8.49. The van der Waals surface area contributed by atoms with Gasteiger partial charge in [0.15, 0.2) is 0 Å². The van der Waals surface area contributed by atoms with Crippen LogP contribution in [0, 0.1) is 5.92 Å². The van der Waals surface area contributed by atoms with E-state index in [4.69, 9.17) is 9.47 Å². The van der Waals surface area contributed by atoms with Gasteiger partial charge in [-0.05, 0) is 20.8 Å². The lowest BCUT2D eigenvalue weighted by Gasteiger charge is -2.17. The summed E-state index contributed by atoms with van der Waals surface area (Å²) in [6, 6.07) is 0. The average Bonchev–Trinajstić information content (AvgIpc) is 2.02. The molecule has 0 aliphatic heterocycles. The van der Waals surface area contributed by atoms with Crippen LogP contribution in [0.15, 0.2) is 0 Å². The fraction of sp³-hybridized carbons (Fsp3) is 0.778. The van der Waals surface area contributed by atoms with Crippen molar-refractivity contribution in [3.63, 3.8) is 0 Å². The lowest BCUT2D eigenvalue weighted by atomic mass is 10.1. The maximum absolute atomic E-state index is 11.2. The minimum absolute atomic E-state index is 0.337. The molecule has 0 aliphatic carbocycles. The highest BCUT2D eigenvalue weighted by Gasteiger charge is 2.23. The number of esters is 2. The number of hydrogen-bond acceptors (Lipinski definition) is 4. The summed E-state index contributed by atoms with van der Waals surface area (Å²) in [7, 11) is 0. The maximum atomic E-state index is 11.2. The van der Waals surface area contributed by atoms with Crippen molar-refractivity contribution in [1.82, 2.24) is 0 Å². The zero-order chi connectivity index (χ0) is 10.4. The third-order valence-electron chi connectivity index (χ3n) is 1.71. The number of ether oxygens (including phenoxy) is 2. The van der Waals surface area contributed by atoms with E-state index < -0.39 is 12.0 Å². The molecule has 0 aromatic rings. The van der Waals surface area contributed by atoms with Crippen LogP contribution in [0.1, 0.15) is 27.7 Å². The maximum Gasteiger partial charge on any atom is 0.312 e. The Morgan fingerprint density at radius 1 is 1.31 bits per heavy atom. The summed E-state index contributed by atoms with van der Waals surface area (Å²) in [5.41, 5.74) is 0. The average molecular weight is 188 g/mol. The highest BCUT2D eigenvalue weighted by molar-refractivity contribution is 5.73. The SMILES string of the molecule is CCOC(=O)[C@@H](C)[C@@H](C)OC(C)=O. The van der Waals surface area contributed by atoms with E-state index >= 15 is 0 Å². The van der Waals surface area contributed by atoms with Gasteiger partial charge < -0.3 is 9.47 Å². The summed E-state index contributed by atoms with van der Waals surface area (Å²) in [4.78, 5) is 21.7. The molecule has 0 N–H and O–H groups in total. The summed E-state index contributed by atoms with van der Waals surface area (Å²) >= 11 is 0. The molecule has 0 saturated heterocycles. The third kappa shape index (κ3) is 4.50. The lowest BCUT2D eigenvalue weighted by molar-refractivity contribution is -0.158. The van der Waals surface area contributed by atoms with E-state index in [2.05, 4.69) is 0 Å². The van der Waals surface area contributed by atoms with Crippen molar-refractivity contribution in [2.75, 3.05) is 6.61 Å². The third-order valence-corrected chi connectivity index (χ3v) is 1.71. The predicted octanol–water partition coefficient (Wildman–Crippen LogP) is 1.14. The van der Waals surface area contributed by atoms with Crippen LogP contribution in [-0.2, 0) is 19.1 Å². The van der Waals surface area contributed by atoms with Crippen LogP contribution in [0.25, 0.3) is 0 Å². The molecule has 0 spiro atoms. The topological polar surface area (TPSA) is 52.6 Å². The molecule has 4 heteroatoms. The molecule has 0 heterocycles. The number of carbonyl (C=O) groups excluding carboxylic acids is 2. The molecule has 0 aromatic carbocycles. The van der Waals surface area contributed by atoms with Gasteiger partial charge in [-0.15, -0.1) is 0 Å². The van der Waals surface area contributed by atoms with Gasteiger partial charge in [-0.2, -0.15) is 0 Å². The molecule has 0 rings (SSSR count). The van der Waals surface area contributed by atoms with Crippen LogP contribution in [0.5, 0.6) is 0 Å². The Balaban J connectivity index is 4.00. The van der Waals surface area contributed by atoms with Crippen molar-refractivity contribution < 1.29 is 19.1 Å². The second kappa shape index (κ2) is 5.56. The molecule has 0 aliphatic rings. The minimum Gasteiger partial charge on any atom is -0.466 e. The molecule has 13 heavy (non-hydrogen) atoms. The summed E-state index contributed by atoms with van der Waals surface area (Å²) in [5.74, 6) is -1.14.